The molecular weight excluding hydrogens is 467 g/mol. The Morgan fingerprint density at radius 3 is 2.41 bits per heavy atom. The number of fused-ring (bicyclic) bond motifs is 1. The van der Waals surface area contributed by atoms with Crippen LogP contribution in [-0.2, 0) is 14.8 Å². The van der Waals surface area contributed by atoms with Gasteiger partial charge in [-0.1, -0.05) is 6.42 Å². The highest BCUT2D eigenvalue weighted by molar-refractivity contribution is 7.89. The highest BCUT2D eigenvalue weighted by Gasteiger charge is 2.31. The SMILES string of the molecule is CC(C)Oc1cc2c(C(=O)OC(N)=O)c(-c3ccc(F)cc3)oc2cc1S(=O)(=O)NC1CCC1. The molecule has 0 spiro atoms. The Balaban J connectivity index is 1.94. The number of primary amides is 1. The van der Waals surface area contributed by atoms with Crippen molar-refractivity contribution >= 4 is 33.1 Å². The van der Waals surface area contributed by atoms with E-state index in [-0.39, 0.29) is 45.1 Å². The maximum absolute atomic E-state index is 13.5. The Bertz CT molecular complexity index is 1360. The van der Waals surface area contributed by atoms with E-state index in [1.54, 1.807) is 13.8 Å². The van der Waals surface area contributed by atoms with Crippen molar-refractivity contribution in [3.8, 4) is 17.1 Å². The van der Waals surface area contributed by atoms with Crippen LogP contribution >= 0.6 is 0 Å². The predicted octanol–water partition coefficient (Wildman–Crippen LogP) is 4.09. The van der Waals surface area contributed by atoms with E-state index in [0.29, 0.717) is 5.56 Å². The van der Waals surface area contributed by atoms with Gasteiger partial charge in [-0.15, -0.1) is 0 Å². The van der Waals surface area contributed by atoms with Gasteiger partial charge >= 0.3 is 12.1 Å². The maximum Gasteiger partial charge on any atom is 0.412 e. The first-order chi connectivity index (χ1) is 16.0. The molecule has 0 radical (unpaired) electrons. The summed E-state index contributed by atoms with van der Waals surface area (Å²) in [5.74, 6) is -1.67. The molecule has 3 N–H and O–H groups in total. The van der Waals surface area contributed by atoms with Gasteiger partial charge in [-0.05, 0) is 57.0 Å². The number of hydrogen-bond acceptors (Lipinski definition) is 7. The van der Waals surface area contributed by atoms with Gasteiger partial charge in [0.15, 0.2) is 0 Å². The zero-order valence-electron chi connectivity index (χ0n) is 18.5. The summed E-state index contributed by atoms with van der Waals surface area (Å²) >= 11 is 0. The van der Waals surface area contributed by atoms with E-state index in [1.807, 2.05) is 0 Å². The molecule has 1 aromatic heterocycles. The summed E-state index contributed by atoms with van der Waals surface area (Å²) in [7, 11) is -3.98. The minimum atomic E-state index is -3.98. The van der Waals surface area contributed by atoms with Gasteiger partial charge in [-0.25, -0.2) is 27.1 Å². The fourth-order valence-corrected chi connectivity index (χ4v) is 5.05. The van der Waals surface area contributed by atoms with E-state index in [1.165, 1.54) is 24.3 Å². The summed E-state index contributed by atoms with van der Waals surface area (Å²) in [5, 5.41) is 0.142. The number of rotatable bonds is 7. The third-order valence-electron chi connectivity index (χ3n) is 5.34. The highest BCUT2D eigenvalue weighted by Crippen LogP contribution is 2.39. The lowest BCUT2D eigenvalue weighted by molar-refractivity contribution is 0.0640. The minimum Gasteiger partial charge on any atom is -0.490 e. The summed E-state index contributed by atoms with van der Waals surface area (Å²) < 4.78 is 58.6. The molecule has 11 heteroatoms. The summed E-state index contributed by atoms with van der Waals surface area (Å²) in [6, 6.07) is 7.50. The predicted molar refractivity (Wildman–Crippen MR) is 120 cm³/mol. The number of halogens is 1. The molecule has 4 rings (SSSR count). The molecule has 1 saturated carbocycles. The molecule has 34 heavy (non-hydrogen) atoms. The van der Waals surface area contributed by atoms with Crippen molar-refractivity contribution in [3.05, 3.63) is 47.8 Å². The van der Waals surface area contributed by atoms with Crippen molar-refractivity contribution in [2.75, 3.05) is 0 Å². The number of esters is 1. The van der Waals surface area contributed by atoms with E-state index in [9.17, 15) is 22.4 Å². The Kier molecular flexibility index (Phi) is 6.32. The zero-order chi connectivity index (χ0) is 24.6. The molecule has 0 aliphatic heterocycles. The Hall–Kier alpha value is -3.44. The zero-order valence-corrected chi connectivity index (χ0v) is 19.3. The van der Waals surface area contributed by atoms with Gasteiger partial charge < -0.3 is 19.6 Å². The standard InChI is InChI=1S/C23H23FN2O7S/c1-12(2)31-18-10-16-17(11-19(18)34(29,30)26-15-4-3-5-15)32-21(13-6-8-14(24)9-7-13)20(16)22(27)33-23(25)28/h6-12,15,26H,3-5H2,1-2H3,(H2,25,28). The van der Waals surface area contributed by atoms with Crippen LogP contribution in [0.5, 0.6) is 5.75 Å². The first-order valence-electron chi connectivity index (χ1n) is 10.6. The average Bonchev–Trinajstić information content (AvgIpc) is 3.08. The molecular formula is C23H23FN2O7S. The van der Waals surface area contributed by atoms with E-state index < -0.39 is 27.9 Å². The summed E-state index contributed by atoms with van der Waals surface area (Å²) in [5.41, 5.74) is 5.18. The summed E-state index contributed by atoms with van der Waals surface area (Å²) in [6.45, 7) is 3.45. The topological polar surface area (TPSA) is 138 Å². The molecule has 0 saturated heterocycles. The molecule has 1 aliphatic carbocycles. The van der Waals surface area contributed by atoms with Crippen LogP contribution in [-0.4, -0.2) is 32.6 Å². The minimum absolute atomic E-state index is 0.00564. The number of hydrogen-bond donors (Lipinski definition) is 2. The number of carbonyl (C=O) groups is 2. The maximum atomic E-state index is 13.5. The lowest BCUT2D eigenvalue weighted by Gasteiger charge is -2.26. The number of ether oxygens (including phenoxy) is 2. The van der Waals surface area contributed by atoms with Crippen LogP contribution in [0.3, 0.4) is 0 Å². The van der Waals surface area contributed by atoms with Gasteiger partial charge in [0, 0.05) is 23.1 Å². The largest absolute Gasteiger partial charge is 0.490 e. The van der Waals surface area contributed by atoms with Crippen LogP contribution < -0.4 is 15.2 Å². The van der Waals surface area contributed by atoms with Gasteiger partial charge in [-0.2, -0.15) is 0 Å². The van der Waals surface area contributed by atoms with Crippen LogP contribution in [0.15, 0.2) is 45.7 Å². The lowest BCUT2D eigenvalue weighted by Crippen LogP contribution is -2.39. The molecule has 3 aromatic rings. The molecule has 1 aliphatic rings. The van der Waals surface area contributed by atoms with Gasteiger partial charge in [0.1, 0.15) is 33.4 Å². The van der Waals surface area contributed by atoms with Crippen LogP contribution in [0.2, 0.25) is 0 Å². The quantitative estimate of drug-likeness (QED) is 0.376. The van der Waals surface area contributed by atoms with Gasteiger partial charge in [0.25, 0.3) is 0 Å². The molecule has 0 bridgehead atoms. The van der Waals surface area contributed by atoms with E-state index in [4.69, 9.17) is 14.9 Å². The molecule has 1 heterocycles. The second-order valence-corrected chi connectivity index (χ2v) is 9.91. The normalized spacial score (nSPS) is 14.2. The number of benzene rings is 2. The highest BCUT2D eigenvalue weighted by atomic mass is 32.2. The van der Waals surface area contributed by atoms with Crippen molar-refractivity contribution in [1.29, 1.82) is 0 Å². The number of carbonyl (C=O) groups excluding carboxylic acids is 2. The average molecular weight is 491 g/mol. The number of amides is 1. The van der Waals surface area contributed by atoms with Gasteiger partial charge in [0.2, 0.25) is 10.0 Å². The van der Waals surface area contributed by atoms with Crippen molar-refractivity contribution in [1.82, 2.24) is 4.72 Å². The molecule has 9 nitrogen and oxygen atoms in total. The van der Waals surface area contributed by atoms with E-state index in [0.717, 1.165) is 31.4 Å². The van der Waals surface area contributed by atoms with Crippen LogP contribution in [0.1, 0.15) is 43.5 Å². The van der Waals surface area contributed by atoms with Crippen molar-refractivity contribution in [3.63, 3.8) is 0 Å². The lowest BCUT2D eigenvalue weighted by atomic mass is 9.94. The number of nitrogens with one attached hydrogen (secondary N) is 1. The van der Waals surface area contributed by atoms with E-state index in [2.05, 4.69) is 9.46 Å². The second kappa shape index (κ2) is 9.07. The summed E-state index contributed by atoms with van der Waals surface area (Å²) in [6.07, 6.45) is 0.694. The molecule has 1 fully saturated rings. The van der Waals surface area contributed by atoms with Crippen molar-refractivity contribution < 1.29 is 36.3 Å². The van der Waals surface area contributed by atoms with Gasteiger partial charge in [0.05, 0.1) is 6.10 Å². The third-order valence-corrected chi connectivity index (χ3v) is 6.88. The number of furan rings is 1. The third kappa shape index (κ3) is 4.75. The molecule has 0 atom stereocenters. The molecule has 1 amide bonds. The van der Waals surface area contributed by atoms with Gasteiger partial charge in [-0.3, -0.25) is 0 Å². The fourth-order valence-electron chi connectivity index (χ4n) is 3.62. The number of nitrogens with two attached hydrogens (primary N) is 1. The summed E-state index contributed by atoms with van der Waals surface area (Å²) in [4.78, 5) is 23.9. The smallest absolute Gasteiger partial charge is 0.412 e. The Morgan fingerprint density at radius 2 is 1.85 bits per heavy atom. The monoisotopic (exact) mass is 490 g/mol. The Labute approximate surface area is 195 Å². The second-order valence-electron chi connectivity index (χ2n) is 8.23. The first kappa shape index (κ1) is 23.7. The first-order valence-corrected chi connectivity index (χ1v) is 12.1. The van der Waals surface area contributed by atoms with Crippen LogP contribution in [0.4, 0.5) is 9.18 Å². The van der Waals surface area contributed by atoms with Crippen LogP contribution in [0.25, 0.3) is 22.3 Å². The van der Waals surface area contributed by atoms with E-state index >= 15 is 0 Å². The molecule has 0 unspecified atom stereocenters. The molecule has 2 aromatic carbocycles. The fraction of sp³-hybridized carbons (Fsp3) is 0.304. The number of sulfonamides is 1. The van der Waals surface area contributed by atoms with Crippen LogP contribution in [0, 0.1) is 5.82 Å². The van der Waals surface area contributed by atoms with Crippen molar-refractivity contribution in [2.24, 2.45) is 5.73 Å². The molecule has 180 valence electrons. The van der Waals surface area contributed by atoms with Crippen molar-refractivity contribution in [2.45, 2.75) is 50.2 Å². The Morgan fingerprint density at radius 1 is 1.18 bits per heavy atom.